The van der Waals surface area contributed by atoms with Gasteiger partial charge in [-0.1, -0.05) is 18.2 Å². The molecule has 0 aliphatic carbocycles. The van der Waals surface area contributed by atoms with Gasteiger partial charge in [-0.2, -0.15) is 0 Å². The summed E-state index contributed by atoms with van der Waals surface area (Å²) in [5, 5.41) is 7.04. The Morgan fingerprint density at radius 1 is 1.13 bits per heavy atom. The number of hydrogen-bond acceptors (Lipinski definition) is 4. The van der Waals surface area contributed by atoms with Gasteiger partial charge in [0, 0.05) is 38.9 Å². The predicted molar refractivity (Wildman–Crippen MR) is 97.8 cm³/mol. The number of methoxy groups -OCH3 is 1. The van der Waals surface area contributed by atoms with Crippen molar-refractivity contribution in [1.82, 2.24) is 15.6 Å². The van der Waals surface area contributed by atoms with Crippen LogP contribution in [-0.4, -0.2) is 31.3 Å². The van der Waals surface area contributed by atoms with Gasteiger partial charge in [0.2, 0.25) is 0 Å². The summed E-state index contributed by atoms with van der Waals surface area (Å²) in [6.07, 6.45) is 1.79. The second-order valence-electron chi connectivity index (χ2n) is 5.26. The van der Waals surface area contributed by atoms with Crippen LogP contribution in [0, 0.1) is 0 Å². The second-order valence-corrected chi connectivity index (χ2v) is 5.67. The fourth-order valence-electron chi connectivity index (χ4n) is 2.13. The Balaban J connectivity index is 1.83. The number of anilines is 1. The lowest BCUT2D eigenvalue weighted by molar-refractivity contribution is 0.414. The molecule has 0 bridgehead atoms. The zero-order valence-corrected chi connectivity index (χ0v) is 14.5. The van der Waals surface area contributed by atoms with E-state index in [2.05, 4.69) is 15.6 Å². The van der Waals surface area contributed by atoms with Gasteiger partial charge in [0.25, 0.3) is 0 Å². The van der Waals surface area contributed by atoms with Gasteiger partial charge in [0.05, 0.1) is 7.11 Å². The summed E-state index contributed by atoms with van der Waals surface area (Å²) in [7, 11) is 5.62. The van der Waals surface area contributed by atoms with Gasteiger partial charge in [-0.25, -0.2) is 4.98 Å². The third-order valence-electron chi connectivity index (χ3n) is 3.34. The van der Waals surface area contributed by atoms with E-state index in [0.717, 1.165) is 22.7 Å². The fraction of sp³-hybridized carbons (Fsp3) is 0.294. The van der Waals surface area contributed by atoms with E-state index in [4.69, 9.17) is 17.0 Å². The van der Waals surface area contributed by atoms with Crippen molar-refractivity contribution in [3.05, 3.63) is 53.7 Å². The molecule has 0 spiro atoms. The molecule has 0 unspecified atom stereocenters. The van der Waals surface area contributed by atoms with E-state index in [9.17, 15) is 0 Å². The Bertz CT molecular complexity index is 643. The number of ether oxygens (including phenoxy) is 1. The molecule has 0 fully saturated rings. The molecule has 0 amide bonds. The van der Waals surface area contributed by atoms with Crippen LogP contribution in [0.3, 0.4) is 0 Å². The molecule has 1 aromatic heterocycles. The number of nitrogens with one attached hydrogen (secondary N) is 2. The Morgan fingerprint density at radius 3 is 2.48 bits per heavy atom. The van der Waals surface area contributed by atoms with E-state index in [0.29, 0.717) is 18.2 Å². The first-order valence-corrected chi connectivity index (χ1v) is 7.77. The van der Waals surface area contributed by atoms with Gasteiger partial charge in [0.1, 0.15) is 11.6 Å². The second kappa shape index (κ2) is 8.33. The van der Waals surface area contributed by atoms with Crippen molar-refractivity contribution < 1.29 is 4.74 Å². The van der Waals surface area contributed by atoms with Gasteiger partial charge in [-0.3, -0.25) is 0 Å². The van der Waals surface area contributed by atoms with Crippen molar-refractivity contribution in [2.45, 2.75) is 13.1 Å². The summed E-state index contributed by atoms with van der Waals surface area (Å²) in [6, 6.07) is 11.9. The number of hydrogen-bond donors (Lipinski definition) is 2. The first-order valence-electron chi connectivity index (χ1n) is 7.36. The van der Waals surface area contributed by atoms with Crippen LogP contribution in [0.2, 0.25) is 0 Å². The minimum Gasteiger partial charge on any atom is -0.497 e. The van der Waals surface area contributed by atoms with Gasteiger partial charge >= 0.3 is 0 Å². The van der Waals surface area contributed by atoms with Crippen LogP contribution in [0.5, 0.6) is 5.75 Å². The van der Waals surface area contributed by atoms with Crippen molar-refractivity contribution in [3.8, 4) is 5.75 Å². The molecule has 23 heavy (non-hydrogen) atoms. The molecule has 0 saturated heterocycles. The highest BCUT2D eigenvalue weighted by Gasteiger charge is 2.05. The highest BCUT2D eigenvalue weighted by Crippen LogP contribution is 2.14. The SMILES string of the molecule is COc1ccc(CNC(=S)NCc2cccnc2N(C)C)cc1. The van der Waals surface area contributed by atoms with Gasteiger partial charge < -0.3 is 20.3 Å². The number of pyridine rings is 1. The van der Waals surface area contributed by atoms with Crippen LogP contribution in [0.4, 0.5) is 5.82 Å². The standard InChI is InChI=1S/C17H22N4OS/c1-21(2)16-14(5-4-10-18-16)12-20-17(23)19-11-13-6-8-15(22-3)9-7-13/h4-10H,11-12H2,1-3H3,(H2,19,20,23). The van der Waals surface area contributed by atoms with Crippen LogP contribution in [0.25, 0.3) is 0 Å². The van der Waals surface area contributed by atoms with Gasteiger partial charge in [-0.05, 0) is 36.0 Å². The van der Waals surface area contributed by atoms with Crippen LogP contribution in [-0.2, 0) is 13.1 Å². The van der Waals surface area contributed by atoms with Gasteiger partial charge in [-0.15, -0.1) is 0 Å². The average Bonchev–Trinajstić information content (AvgIpc) is 2.58. The zero-order valence-electron chi connectivity index (χ0n) is 13.7. The van der Waals surface area contributed by atoms with E-state index in [1.165, 1.54) is 0 Å². The van der Waals surface area contributed by atoms with Crippen molar-refractivity contribution in [3.63, 3.8) is 0 Å². The Kier molecular flexibility index (Phi) is 6.17. The summed E-state index contributed by atoms with van der Waals surface area (Å²) in [6.45, 7) is 1.30. The van der Waals surface area contributed by atoms with Crippen molar-refractivity contribution in [2.75, 3.05) is 26.1 Å². The quantitative estimate of drug-likeness (QED) is 0.793. The van der Waals surface area contributed by atoms with Crippen molar-refractivity contribution >= 4 is 23.1 Å². The molecule has 5 nitrogen and oxygen atoms in total. The number of thiocarbonyl (C=S) groups is 1. The predicted octanol–water partition coefficient (Wildman–Crippen LogP) is 2.32. The summed E-state index contributed by atoms with van der Waals surface area (Å²) in [5.41, 5.74) is 2.25. The summed E-state index contributed by atoms with van der Waals surface area (Å²) in [5.74, 6) is 1.79. The van der Waals surface area contributed by atoms with Crippen molar-refractivity contribution in [2.24, 2.45) is 0 Å². The molecular formula is C17H22N4OS. The van der Waals surface area contributed by atoms with Crippen LogP contribution in [0.1, 0.15) is 11.1 Å². The molecule has 0 aliphatic heterocycles. The molecule has 2 aromatic rings. The highest BCUT2D eigenvalue weighted by molar-refractivity contribution is 7.80. The number of aromatic nitrogens is 1. The molecule has 0 radical (unpaired) electrons. The number of rotatable bonds is 6. The van der Waals surface area contributed by atoms with E-state index >= 15 is 0 Å². The monoisotopic (exact) mass is 330 g/mol. The first-order chi connectivity index (χ1) is 11.1. The maximum atomic E-state index is 5.33. The zero-order chi connectivity index (χ0) is 16.7. The Morgan fingerprint density at radius 2 is 1.83 bits per heavy atom. The minimum atomic E-state index is 0.620. The molecule has 0 atom stereocenters. The number of benzene rings is 1. The smallest absolute Gasteiger partial charge is 0.166 e. The molecule has 122 valence electrons. The Hall–Kier alpha value is -2.34. The summed E-state index contributed by atoms with van der Waals surface area (Å²) in [4.78, 5) is 6.37. The topological polar surface area (TPSA) is 49.4 Å². The molecule has 6 heteroatoms. The molecule has 0 aliphatic rings. The van der Waals surface area contributed by atoms with E-state index in [1.807, 2.05) is 55.4 Å². The number of nitrogens with zero attached hydrogens (tertiary/aromatic N) is 2. The molecule has 1 heterocycles. The van der Waals surface area contributed by atoms with Crippen LogP contribution >= 0.6 is 12.2 Å². The van der Waals surface area contributed by atoms with E-state index in [-0.39, 0.29) is 0 Å². The van der Waals surface area contributed by atoms with E-state index < -0.39 is 0 Å². The normalized spacial score (nSPS) is 10.0. The minimum absolute atomic E-state index is 0.620. The molecule has 1 aromatic carbocycles. The van der Waals surface area contributed by atoms with Crippen molar-refractivity contribution in [1.29, 1.82) is 0 Å². The average molecular weight is 330 g/mol. The summed E-state index contributed by atoms with van der Waals surface area (Å²) < 4.78 is 5.14. The lowest BCUT2D eigenvalue weighted by Crippen LogP contribution is -2.34. The molecule has 0 saturated carbocycles. The van der Waals surface area contributed by atoms with Crippen LogP contribution < -0.4 is 20.3 Å². The van der Waals surface area contributed by atoms with Gasteiger partial charge in [0.15, 0.2) is 5.11 Å². The maximum Gasteiger partial charge on any atom is 0.166 e. The largest absolute Gasteiger partial charge is 0.497 e. The third kappa shape index (κ3) is 5.10. The molecule has 2 N–H and O–H groups in total. The third-order valence-corrected chi connectivity index (χ3v) is 3.63. The Labute approximate surface area is 142 Å². The van der Waals surface area contributed by atoms with Crippen LogP contribution in [0.15, 0.2) is 42.6 Å². The lowest BCUT2D eigenvalue weighted by Gasteiger charge is -2.17. The van der Waals surface area contributed by atoms with E-state index in [1.54, 1.807) is 13.3 Å². The molecule has 2 rings (SSSR count). The first kappa shape index (κ1) is 17.0. The highest BCUT2D eigenvalue weighted by atomic mass is 32.1. The fourth-order valence-corrected chi connectivity index (χ4v) is 2.28. The molecular weight excluding hydrogens is 308 g/mol. The lowest BCUT2D eigenvalue weighted by atomic mass is 10.2. The summed E-state index contributed by atoms with van der Waals surface area (Å²) >= 11 is 5.33. The maximum absolute atomic E-state index is 5.33.